The van der Waals surface area contributed by atoms with Crippen molar-refractivity contribution >= 4 is 11.7 Å². The van der Waals surface area contributed by atoms with Gasteiger partial charge in [0.15, 0.2) is 0 Å². The number of oxime groups is 1. The molecular formula is C12H19NO2. The molecule has 0 aliphatic heterocycles. The number of rotatable bonds is 2. The topological polar surface area (TPSA) is 38.7 Å². The maximum atomic E-state index is 11.6. The lowest BCUT2D eigenvalue weighted by atomic mass is 9.89. The predicted molar refractivity (Wildman–Crippen MR) is 58.6 cm³/mol. The SMILES string of the molecule is O=C(ON=C1CCCC1)C1CCCCC1. The number of carbonyl (C=O) groups excluding carboxylic acids is 1. The van der Waals surface area contributed by atoms with E-state index in [0.29, 0.717) is 0 Å². The molecule has 0 N–H and O–H groups in total. The van der Waals surface area contributed by atoms with Gasteiger partial charge in [-0.3, -0.25) is 0 Å². The molecule has 0 atom stereocenters. The molecule has 84 valence electrons. The van der Waals surface area contributed by atoms with Gasteiger partial charge in [0, 0.05) is 0 Å². The van der Waals surface area contributed by atoms with Crippen LogP contribution in [0.25, 0.3) is 0 Å². The van der Waals surface area contributed by atoms with Gasteiger partial charge in [-0.1, -0.05) is 24.4 Å². The van der Waals surface area contributed by atoms with Crippen LogP contribution in [0.3, 0.4) is 0 Å². The monoisotopic (exact) mass is 209 g/mol. The van der Waals surface area contributed by atoms with E-state index in [9.17, 15) is 4.79 Å². The van der Waals surface area contributed by atoms with Crippen molar-refractivity contribution in [1.82, 2.24) is 0 Å². The number of hydrogen-bond acceptors (Lipinski definition) is 3. The summed E-state index contributed by atoms with van der Waals surface area (Å²) in [6, 6.07) is 0. The van der Waals surface area contributed by atoms with E-state index in [1.807, 2.05) is 0 Å². The van der Waals surface area contributed by atoms with Crippen LogP contribution in [0.1, 0.15) is 57.8 Å². The van der Waals surface area contributed by atoms with E-state index in [0.717, 1.165) is 44.2 Å². The standard InChI is InChI=1S/C12H19NO2/c14-12(10-6-2-1-3-7-10)15-13-11-8-4-5-9-11/h10H,1-9H2. The summed E-state index contributed by atoms with van der Waals surface area (Å²) >= 11 is 0. The molecule has 0 aromatic heterocycles. The molecular weight excluding hydrogens is 190 g/mol. The van der Waals surface area contributed by atoms with E-state index in [2.05, 4.69) is 5.16 Å². The summed E-state index contributed by atoms with van der Waals surface area (Å²) in [4.78, 5) is 16.6. The highest BCUT2D eigenvalue weighted by molar-refractivity contribution is 5.86. The molecule has 2 rings (SSSR count). The average molecular weight is 209 g/mol. The minimum absolute atomic E-state index is 0.103. The summed E-state index contributed by atoms with van der Waals surface area (Å²) in [7, 11) is 0. The maximum Gasteiger partial charge on any atom is 0.338 e. The lowest BCUT2D eigenvalue weighted by Gasteiger charge is -2.18. The highest BCUT2D eigenvalue weighted by Crippen LogP contribution is 2.25. The van der Waals surface area contributed by atoms with Crippen LogP contribution < -0.4 is 0 Å². The van der Waals surface area contributed by atoms with E-state index < -0.39 is 0 Å². The van der Waals surface area contributed by atoms with Crippen LogP contribution in [0, 0.1) is 5.92 Å². The molecule has 2 aliphatic rings. The molecule has 15 heavy (non-hydrogen) atoms. The molecule has 0 unspecified atom stereocenters. The van der Waals surface area contributed by atoms with Crippen molar-refractivity contribution in [1.29, 1.82) is 0 Å². The second kappa shape index (κ2) is 5.29. The molecule has 0 amide bonds. The fourth-order valence-electron chi connectivity index (χ4n) is 2.40. The molecule has 0 radical (unpaired) electrons. The summed E-state index contributed by atoms with van der Waals surface area (Å²) in [6.07, 6.45) is 9.98. The molecule has 3 heteroatoms. The Hall–Kier alpha value is -0.860. The van der Waals surface area contributed by atoms with Gasteiger partial charge < -0.3 is 4.84 Å². The van der Waals surface area contributed by atoms with Crippen LogP contribution in [0.5, 0.6) is 0 Å². The van der Waals surface area contributed by atoms with Crippen molar-refractivity contribution in [3.63, 3.8) is 0 Å². The van der Waals surface area contributed by atoms with Crippen molar-refractivity contribution in [3.05, 3.63) is 0 Å². The van der Waals surface area contributed by atoms with Crippen LogP contribution in [0.2, 0.25) is 0 Å². The maximum absolute atomic E-state index is 11.6. The Kier molecular flexibility index (Phi) is 3.75. The van der Waals surface area contributed by atoms with Crippen LogP contribution >= 0.6 is 0 Å². The molecule has 0 heterocycles. The van der Waals surface area contributed by atoms with Crippen LogP contribution in [-0.2, 0) is 9.63 Å². The van der Waals surface area contributed by atoms with Crippen molar-refractivity contribution < 1.29 is 9.63 Å². The minimum Gasteiger partial charge on any atom is -0.318 e. The largest absolute Gasteiger partial charge is 0.338 e. The molecule has 0 aromatic carbocycles. The average Bonchev–Trinajstić information content (AvgIpc) is 2.80. The van der Waals surface area contributed by atoms with Crippen molar-refractivity contribution in [2.45, 2.75) is 57.8 Å². The Bertz CT molecular complexity index is 246. The number of nitrogens with zero attached hydrogens (tertiary/aromatic N) is 1. The van der Waals surface area contributed by atoms with Crippen LogP contribution in [0.15, 0.2) is 5.16 Å². The van der Waals surface area contributed by atoms with Gasteiger partial charge in [-0.25, -0.2) is 4.79 Å². The van der Waals surface area contributed by atoms with Crippen LogP contribution in [0.4, 0.5) is 0 Å². The zero-order valence-electron chi connectivity index (χ0n) is 9.21. The Morgan fingerprint density at radius 3 is 2.40 bits per heavy atom. The minimum atomic E-state index is -0.103. The first-order valence-electron chi connectivity index (χ1n) is 6.13. The summed E-state index contributed by atoms with van der Waals surface area (Å²) < 4.78 is 0. The third kappa shape index (κ3) is 3.05. The molecule has 0 bridgehead atoms. The first-order valence-corrected chi connectivity index (χ1v) is 6.13. The van der Waals surface area contributed by atoms with E-state index in [4.69, 9.17) is 4.84 Å². The van der Waals surface area contributed by atoms with E-state index in [1.54, 1.807) is 0 Å². The van der Waals surface area contributed by atoms with Gasteiger partial charge in [-0.05, 0) is 38.5 Å². The fraction of sp³-hybridized carbons (Fsp3) is 0.833. The first kappa shape index (κ1) is 10.7. The van der Waals surface area contributed by atoms with Crippen molar-refractivity contribution in [2.24, 2.45) is 11.1 Å². The molecule has 2 fully saturated rings. The first-order chi connectivity index (χ1) is 7.36. The molecule has 2 saturated carbocycles. The predicted octanol–water partition coefficient (Wildman–Crippen LogP) is 3.04. The smallest absolute Gasteiger partial charge is 0.318 e. The van der Waals surface area contributed by atoms with Gasteiger partial charge >= 0.3 is 5.97 Å². The lowest BCUT2D eigenvalue weighted by Crippen LogP contribution is -2.19. The van der Waals surface area contributed by atoms with Crippen molar-refractivity contribution in [3.8, 4) is 0 Å². The number of hydrogen-bond donors (Lipinski definition) is 0. The molecule has 3 nitrogen and oxygen atoms in total. The Labute approximate surface area is 90.9 Å². The summed E-state index contributed by atoms with van der Waals surface area (Å²) in [6.45, 7) is 0. The molecule has 2 aliphatic carbocycles. The summed E-state index contributed by atoms with van der Waals surface area (Å²) in [5.41, 5.74) is 1.07. The highest BCUT2D eigenvalue weighted by Gasteiger charge is 2.23. The summed E-state index contributed by atoms with van der Waals surface area (Å²) in [5.74, 6) is 0.0126. The summed E-state index contributed by atoms with van der Waals surface area (Å²) in [5, 5.41) is 3.97. The zero-order valence-corrected chi connectivity index (χ0v) is 9.21. The highest BCUT2D eigenvalue weighted by atomic mass is 16.7. The lowest BCUT2D eigenvalue weighted by molar-refractivity contribution is -0.149. The Balaban J connectivity index is 1.78. The second-order valence-electron chi connectivity index (χ2n) is 4.61. The third-order valence-corrected chi connectivity index (χ3v) is 3.38. The quantitative estimate of drug-likeness (QED) is 0.518. The Morgan fingerprint density at radius 2 is 1.73 bits per heavy atom. The number of carbonyl (C=O) groups is 1. The van der Waals surface area contributed by atoms with Crippen LogP contribution in [-0.4, -0.2) is 11.7 Å². The van der Waals surface area contributed by atoms with E-state index >= 15 is 0 Å². The van der Waals surface area contributed by atoms with Gasteiger partial charge in [0.25, 0.3) is 0 Å². The molecule has 0 aromatic rings. The van der Waals surface area contributed by atoms with Gasteiger partial charge in [0.1, 0.15) is 0 Å². The fourth-order valence-corrected chi connectivity index (χ4v) is 2.40. The molecule has 0 spiro atoms. The van der Waals surface area contributed by atoms with E-state index in [-0.39, 0.29) is 11.9 Å². The zero-order chi connectivity index (χ0) is 10.5. The second-order valence-corrected chi connectivity index (χ2v) is 4.61. The van der Waals surface area contributed by atoms with Gasteiger partial charge in [0.2, 0.25) is 0 Å². The van der Waals surface area contributed by atoms with Gasteiger partial charge in [0.05, 0.1) is 11.6 Å². The van der Waals surface area contributed by atoms with Gasteiger partial charge in [-0.2, -0.15) is 0 Å². The Morgan fingerprint density at radius 1 is 1.07 bits per heavy atom. The third-order valence-electron chi connectivity index (χ3n) is 3.38. The van der Waals surface area contributed by atoms with E-state index in [1.165, 1.54) is 19.3 Å². The normalized spacial score (nSPS) is 22.8. The van der Waals surface area contributed by atoms with Gasteiger partial charge in [-0.15, -0.1) is 0 Å². The van der Waals surface area contributed by atoms with Crippen molar-refractivity contribution in [2.75, 3.05) is 0 Å². The molecule has 0 saturated heterocycles.